The molecule has 0 unspecified atom stereocenters. The number of unbranched alkanes of at least 4 members (excludes halogenated alkanes) is 1. The van der Waals surface area contributed by atoms with Crippen molar-refractivity contribution in [1.29, 1.82) is 0 Å². The van der Waals surface area contributed by atoms with Gasteiger partial charge in [-0.3, -0.25) is 19.2 Å². The molecule has 0 rings (SSSR count). The van der Waals surface area contributed by atoms with Crippen molar-refractivity contribution in [2.45, 2.75) is 26.2 Å². The Labute approximate surface area is 111 Å². The van der Waals surface area contributed by atoms with E-state index in [0.717, 1.165) is 0 Å². The zero-order valence-corrected chi connectivity index (χ0v) is 10.8. The van der Waals surface area contributed by atoms with E-state index in [1.807, 2.05) is 0 Å². The number of hydrogen-bond acceptors (Lipinski definition) is 4. The Morgan fingerprint density at radius 2 is 1.79 bits per heavy atom. The second kappa shape index (κ2) is 9.81. The molecule has 0 aliphatic heterocycles. The number of carbonyl (C=O) groups excluding carboxylic acids is 3. The van der Waals surface area contributed by atoms with Gasteiger partial charge in [-0.1, -0.05) is 6.08 Å². The number of aliphatic carboxylic acids is 1. The van der Waals surface area contributed by atoms with Gasteiger partial charge in [0.25, 0.3) is 0 Å². The molecule has 0 saturated heterocycles. The van der Waals surface area contributed by atoms with Crippen LogP contribution in [0.2, 0.25) is 0 Å². The summed E-state index contributed by atoms with van der Waals surface area (Å²) in [5, 5.41) is 12.9. The number of carbonyl (C=O) groups is 4. The first-order chi connectivity index (χ1) is 8.91. The van der Waals surface area contributed by atoms with E-state index in [0.29, 0.717) is 12.8 Å². The normalized spacial score (nSPS) is 10.2. The third-order valence-electron chi connectivity index (χ3n) is 2.03. The summed E-state index contributed by atoms with van der Waals surface area (Å²) in [6.45, 7) is 0.904. The van der Waals surface area contributed by atoms with Crippen LogP contribution in [0.1, 0.15) is 26.2 Å². The third-order valence-corrected chi connectivity index (χ3v) is 2.03. The van der Waals surface area contributed by atoms with Crippen molar-refractivity contribution in [2.75, 3.05) is 13.1 Å². The molecule has 7 heteroatoms. The van der Waals surface area contributed by atoms with Crippen molar-refractivity contribution in [3.63, 3.8) is 0 Å². The average Bonchev–Trinajstić information content (AvgIpc) is 2.33. The van der Waals surface area contributed by atoms with Crippen LogP contribution in [0.25, 0.3) is 0 Å². The van der Waals surface area contributed by atoms with Gasteiger partial charge in [-0.15, -0.1) is 0 Å². The van der Waals surface area contributed by atoms with Crippen LogP contribution in [-0.2, 0) is 19.2 Å². The fourth-order valence-electron chi connectivity index (χ4n) is 1.13. The van der Waals surface area contributed by atoms with Crippen LogP contribution in [0.3, 0.4) is 0 Å². The van der Waals surface area contributed by atoms with Crippen LogP contribution in [0.4, 0.5) is 0 Å². The maximum atomic E-state index is 11.2. The molecule has 0 heterocycles. The molecular weight excluding hydrogens is 252 g/mol. The quantitative estimate of drug-likeness (QED) is 0.390. The smallest absolute Gasteiger partial charge is 0.322 e. The summed E-state index contributed by atoms with van der Waals surface area (Å²) in [5.74, 6) is -1.90. The van der Waals surface area contributed by atoms with Gasteiger partial charge in [0, 0.05) is 13.3 Å². The van der Waals surface area contributed by atoms with Crippen LogP contribution in [0.15, 0.2) is 12.2 Å². The lowest BCUT2D eigenvalue weighted by Gasteiger charge is -2.00. The van der Waals surface area contributed by atoms with Crippen molar-refractivity contribution in [2.24, 2.45) is 0 Å². The Balaban J connectivity index is 3.62. The third kappa shape index (κ3) is 12.1. The minimum atomic E-state index is -1.09. The fraction of sp³-hybridized carbons (Fsp3) is 0.500. The van der Waals surface area contributed by atoms with Gasteiger partial charge >= 0.3 is 5.97 Å². The average molecular weight is 270 g/mol. The van der Waals surface area contributed by atoms with E-state index >= 15 is 0 Å². The maximum Gasteiger partial charge on any atom is 0.322 e. The fourth-order valence-corrected chi connectivity index (χ4v) is 1.13. The highest BCUT2D eigenvalue weighted by molar-refractivity contribution is 5.93. The van der Waals surface area contributed by atoms with Crippen LogP contribution in [0, 0.1) is 0 Å². The Bertz CT molecular complexity index is 376. The van der Waals surface area contributed by atoms with E-state index in [9.17, 15) is 19.2 Å². The molecule has 0 atom stereocenters. The van der Waals surface area contributed by atoms with Crippen molar-refractivity contribution in [1.82, 2.24) is 10.6 Å². The molecule has 106 valence electrons. The standard InChI is InChI=1S/C12H18N2O5/c1-9(15)13-7-10(16)5-3-2-4-6-11(17)14-8-12(18)19/h3,5H,2,4,6-8H2,1H3,(H,13,15)(H,14,17)(H,18,19). The molecule has 0 fully saturated rings. The summed E-state index contributed by atoms with van der Waals surface area (Å²) in [5.41, 5.74) is 0. The number of ketones is 1. The van der Waals surface area contributed by atoms with Crippen LogP contribution in [-0.4, -0.2) is 41.8 Å². The topological polar surface area (TPSA) is 113 Å². The molecule has 19 heavy (non-hydrogen) atoms. The van der Waals surface area contributed by atoms with E-state index in [2.05, 4.69) is 10.6 Å². The van der Waals surface area contributed by atoms with E-state index in [1.165, 1.54) is 13.0 Å². The van der Waals surface area contributed by atoms with Crippen molar-refractivity contribution in [3.05, 3.63) is 12.2 Å². The molecule has 0 aromatic heterocycles. The second-order valence-electron chi connectivity index (χ2n) is 3.84. The van der Waals surface area contributed by atoms with Gasteiger partial charge in [0.1, 0.15) is 6.54 Å². The van der Waals surface area contributed by atoms with Gasteiger partial charge in [0.15, 0.2) is 5.78 Å². The lowest BCUT2D eigenvalue weighted by molar-refractivity contribution is -0.138. The van der Waals surface area contributed by atoms with Crippen molar-refractivity contribution in [3.8, 4) is 0 Å². The minimum absolute atomic E-state index is 0.0368. The van der Waals surface area contributed by atoms with Crippen LogP contribution >= 0.6 is 0 Å². The Hall–Kier alpha value is -2.18. The number of carboxylic acids is 1. The second-order valence-corrected chi connectivity index (χ2v) is 3.84. The molecule has 0 bridgehead atoms. The minimum Gasteiger partial charge on any atom is -0.480 e. The summed E-state index contributed by atoms with van der Waals surface area (Å²) in [7, 11) is 0. The number of nitrogens with one attached hydrogen (secondary N) is 2. The summed E-state index contributed by atoms with van der Waals surface area (Å²) in [6.07, 6.45) is 4.24. The Morgan fingerprint density at radius 1 is 1.11 bits per heavy atom. The summed E-state index contributed by atoms with van der Waals surface area (Å²) in [4.78, 5) is 43.0. The summed E-state index contributed by atoms with van der Waals surface area (Å²) in [6, 6.07) is 0. The van der Waals surface area contributed by atoms with Gasteiger partial charge in [-0.05, 0) is 18.9 Å². The molecule has 0 spiro atoms. The highest BCUT2D eigenvalue weighted by Gasteiger charge is 2.02. The first-order valence-electron chi connectivity index (χ1n) is 5.84. The molecule has 0 aromatic rings. The van der Waals surface area contributed by atoms with E-state index in [1.54, 1.807) is 6.08 Å². The van der Waals surface area contributed by atoms with Crippen molar-refractivity contribution >= 4 is 23.6 Å². The summed E-state index contributed by atoms with van der Waals surface area (Å²) < 4.78 is 0. The van der Waals surface area contributed by atoms with Gasteiger partial charge < -0.3 is 15.7 Å². The number of allylic oxidation sites excluding steroid dienone is 1. The lowest BCUT2D eigenvalue weighted by Crippen LogP contribution is -2.28. The highest BCUT2D eigenvalue weighted by atomic mass is 16.4. The van der Waals surface area contributed by atoms with E-state index < -0.39 is 5.97 Å². The zero-order chi connectivity index (χ0) is 14.7. The molecule has 0 radical (unpaired) electrons. The number of rotatable bonds is 9. The molecule has 0 saturated carbocycles. The number of carboxylic acid groups (broad SMARTS) is 1. The van der Waals surface area contributed by atoms with E-state index in [4.69, 9.17) is 5.11 Å². The highest BCUT2D eigenvalue weighted by Crippen LogP contribution is 1.96. The SMILES string of the molecule is CC(=O)NCC(=O)C=CCCCC(=O)NCC(=O)O. The molecule has 2 amide bonds. The Morgan fingerprint density at radius 3 is 2.37 bits per heavy atom. The predicted octanol–water partition coefficient (Wildman–Crippen LogP) is -0.381. The molecule has 3 N–H and O–H groups in total. The largest absolute Gasteiger partial charge is 0.480 e. The zero-order valence-electron chi connectivity index (χ0n) is 10.8. The number of amides is 2. The number of hydrogen-bond donors (Lipinski definition) is 3. The Kier molecular flexibility index (Phi) is 8.68. The van der Waals surface area contributed by atoms with Crippen LogP contribution < -0.4 is 10.6 Å². The predicted molar refractivity (Wildman–Crippen MR) is 67.3 cm³/mol. The first-order valence-corrected chi connectivity index (χ1v) is 5.84. The monoisotopic (exact) mass is 270 g/mol. The maximum absolute atomic E-state index is 11.2. The molecule has 0 aliphatic rings. The lowest BCUT2D eigenvalue weighted by atomic mass is 10.2. The van der Waals surface area contributed by atoms with Gasteiger partial charge in [0.05, 0.1) is 6.54 Å². The van der Waals surface area contributed by atoms with Gasteiger partial charge in [-0.25, -0.2) is 0 Å². The molecule has 0 aliphatic carbocycles. The van der Waals surface area contributed by atoms with Gasteiger partial charge in [0.2, 0.25) is 11.8 Å². The molecule has 7 nitrogen and oxygen atoms in total. The van der Waals surface area contributed by atoms with E-state index in [-0.39, 0.29) is 37.1 Å². The van der Waals surface area contributed by atoms with Crippen molar-refractivity contribution < 1.29 is 24.3 Å². The summed E-state index contributed by atoms with van der Waals surface area (Å²) >= 11 is 0. The first kappa shape index (κ1) is 16.8. The molecular formula is C12H18N2O5. The van der Waals surface area contributed by atoms with Gasteiger partial charge in [-0.2, -0.15) is 0 Å². The molecule has 0 aromatic carbocycles. The van der Waals surface area contributed by atoms with Crippen LogP contribution in [0.5, 0.6) is 0 Å².